The van der Waals surface area contributed by atoms with Gasteiger partial charge in [-0.25, -0.2) is 0 Å². The minimum Gasteiger partial charge on any atom is -0.480 e. The molecule has 1 aliphatic rings. The predicted octanol–water partition coefficient (Wildman–Crippen LogP) is 1.74. The zero-order chi connectivity index (χ0) is 17.0. The first-order chi connectivity index (χ1) is 10.9. The van der Waals surface area contributed by atoms with Gasteiger partial charge in [0, 0.05) is 31.3 Å². The Kier molecular flexibility index (Phi) is 5.15. The van der Waals surface area contributed by atoms with Crippen molar-refractivity contribution in [1.82, 2.24) is 4.90 Å². The maximum Gasteiger partial charge on any atom is 0.323 e. The van der Waals surface area contributed by atoms with Gasteiger partial charge in [0.15, 0.2) is 0 Å². The van der Waals surface area contributed by atoms with E-state index in [1.54, 1.807) is 13.0 Å². The van der Waals surface area contributed by atoms with E-state index in [0.29, 0.717) is 5.69 Å². The van der Waals surface area contributed by atoms with Crippen molar-refractivity contribution in [2.45, 2.75) is 19.8 Å². The number of carboxylic acids is 1. The van der Waals surface area contributed by atoms with Crippen molar-refractivity contribution >= 4 is 23.3 Å². The zero-order valence-corrected chi connectivity index (χ0v) is 12.9. The minimum atomic E-state index is -1.12. The number of rotatable bonds is 6. The Balaban J connectivity index is 2.33. The van der Waals surface area contributed by atoms with Gasteiger partial charge >= 0.3 is 5.97 Å². The Morgan fingerprint density at radius 3 is 2.52 bits per heavy atom. The molecule has 1 amide bonds. The number of aliphatic carboxylic acids is 1. The first kappa shape index (κ1) is 16.7. The fourth-order valence-corrected chi connectivity index (χ4v) is 2.70. The quantitative estimate of drug-likeness (QED) is 0.632. The molecular weight excluding hydrogens is 302 g/mol. The highest BCUT2D eigenvalue weighted by Crippen LogP contribution is 2.31. The van der Waals surface area contributed by atoms with Crippen molar-refractivity contribution in [1.29, 1.82) is 0 Å². The summed E-state index contributed by atoms with van der Waals surface area (Å²) in [4.78, 5) is 37.0. The molecule has 0 atom stereocenters. The lowest BCUT2D eigenvalue weighted by molar-refractivity contribution is -0.384. The molecule has 8 nitrogen and oxygen atoms in total. The van der Waals surface area contributed by atoms with Crippen LogP contribution in [0.2, 0.25) is 0 Å². The van der Waals surface area contributed by atoms with E-state index in [-0.39, 0.29) is 17.8 Å². The molecule has 0 radical (unpaired) electrons. The first-order valence-corrected chi connectivity index (χ1v) is 7.48. The summed E-state index contributed by atoms with van der Waals surface area (Å²) in [5.41, 5.74) is 0.511. The summed E-state index contributed by atoms with van der Waals surface area (Å²) in [5.74, 6) is -1.64. The SMILES string of the molecule is CCN(CC(=O)O)C(=O)c1ccc(N2CCCC2)c([N+](=O)[O-])c1. The number of hydrogen-bond acceptors (Lipinski definition) is 5. The number of hydrogen-bond donors (Lipinski definition) is 1. The lowest BCUT2D eigenvalue weighted by Gasteiger charge is -2.20. The second kappa shape index (κ2) is 7.08. The number of carbonyl (C=O) groups excluding carboxylic acids is 1. The molecule has 1 aromatic carbocycles. The Morgan fingerprint density at radius 2 is 2.00 bits per heavy atom. The lowest BCUT2D eigenvalue weighted by atomic mass is 10.1. The molecule has 2 rings (SSSR count). The highest BCUT2D eigenvalue weighted by atomic mass is 16.6. The third kappa shape index (κ3) is 3.77. The molecular formula is C15H19N3O5. The van der Waals surface area contributed by atoms with E-state index in [1.807, 2.05) is 4.90 Å². The topological polar surface area (TPSA) is 104 Å². The third-order valence-electron chi connectivity index (χ3n) is 3.86. The molecule has 23 heavy (non-hydrogen) atoms. The average molecular weight is 321 g/mol. The lowest BCUT2D eigenvalue weighted by Crippen LogP contribution is -2.35. The summed E-state index contributed by atoms with van der Waals surface area (Å²) in [7, 11) is 0. The summed E-state index contributed by atoms with van der Waals surface area (Å²) in [5, 5.41) is 20.2. The van der Waals surface area contributed by atoms with E-state index < -0.39 is 23.3 Å². The molecule has 0 unspecified atom stereocenters. The first-order valence-electron chi connectivity index (χ1n) is 7.48. The maximum atomic E-state index is 12.3. The van der Waals surface area contributed by atoms with E-state index in [1.165, 1.54) is 12.1 Å². The molecule has 1 fully saturated rings. The number of likely N-dealkylation sites (N-methyl/N-ethyl adjacent to an activating group) is 1. The molecule has 124 valence electrons. The molecule has 0 aromatic heterocycles. The van der Waals surface area contributed by atoms with Crippen molar-refractivity contribution in [3.8, 4) is 0 Å². The zero-order valence-electron chi connectivity index (χ0n) is 12.9. The molecule has 1 aliphatic heterocycles. The van der Waals surface area contributed by atoms with Crippen LogP contribution in [0.15, 0.2) is 18.2 Å². The summed E-state index contributed by atoms with van der Waals surface area (Å²) >= 11 is 0. The van der Waals surface area contributed by atoms with Crippen molar-refractivity contribution in [3.05, 3.63) is 33.9 Å². The third-order valence-corrected chi connectivity index (χ3v) is 3.86. The van der Waals surface area contributed by atoms with Gasteiger partial charge in [0.1, 0.15) is 12.2 Å². The minimum absolute atomic E-state index is 0.121. The number of benzene rings is 1. The van der Waals surface area contributed by atoms with Gasteiger partial charge in [0.05, 0.1) is 4.92 Å². The van der Waals surface area contributed by atoms with Crippen LogP contribution in [0.5, 0.6) is 0 Å². The highest BCUT2D eigenvalue weighted by Gasteiger charge is 2.25. The Hall–Kier alpha value is -2.64. The summed E-state index contributed by atoms with van der Waals surface area (Å²) in [6, 6.07) is 4.33. The van der Waals surface area contributed by atoms with E-state index in [0.717, 1.165) is 30.8 Å². The maximum absolute atomic E-state index is 12.3. The second-order valence-corrected chi connectivity index (χ2v) is 5.37. The standard InChI is InChI=1S/C15H19N3O5/c1-2-16(10-14(19)20)15(21)11-5-6-12(13(9-11)18(22)23)17-7-3-4-8-17/h5-6,9H,2-4,7-8,10H2,1H3,(H,19,20). The van der Waals surface area contributed by atoms with E-state index in [4.69, 9.17) is 5.11 Å². The molecule has 1 saturated heterocycles. The molecule has 0 saturated carbocycles. The van der Waals surface area contributed by atoms with Crippen molar-refractivity contribution in [2.24, 2.45) is 0 Å². The highest BCUT2D eigenvalue weighted by molar-refractivity contribution is 5.97. The van der Waals surface area contributed by atoms with Crippen molar-refractivity contribution in [2.75, 3.05) is 31.1 Å². The van der Waals surface area contributed by atoms with Gasteiger partial charge in [-0.05, 0) is 31.9 Å². The monoisotopic (exact) mass is 321 g/mol. The molecule has 0 aliphatic carbocycles. The molecule has 8 heteroatoms. The van der Waals surface area contributed by atoms with Gasteiger partial charge in [-0.2, -0.15) is 0 Å². The number of carbonyl (C=O) groups is 2. The summed E-state index contributed by atoms with van der Waals surface area (Å²) in [6.45, 7) is 2.96. The Bertz CT molecular complexity index is 626. The van der Waals surface area contributed by atoms with Gasteiger partial charge in [-0.3, -0.25) is 19.7 Å². The van der Waals surface area contributed by atoms with Crippen molar-refractivity contribution < 1.29 is 19.6 Å². The molecule has 0 spiro atoms. The van der Waals surface area contributed by atoms with Gasteiger partial charge in [-0.15, -0.1) is 0 Å². The van der Waals surface area contributed by atoms with Crippen LogP contribution in [-0.4, -0.2) is 53.0 Å². The second-order valence-electron chi connectivity index (χ2n) is 5.37. The van der Waals surface area contributed by atoms with Crippen LogP contribution in [0.1, 0.15) is 30.1 Å². The van der Waals surface area contributed by atoms with Gasteiger partial charge in [0.25, 0.3) is 11.6 Å². The fourth-order valence-electron chi connectivity index (χ4n) is 2.70. The summed E-state index contributed by atoms with van der Waals surface area (Å²) in [6.07, 6.45) is 1.97. The smallest absolute Gasteiger partial charge is 0.323 e. The van der Waals surface area contributed by atoms with Gasteiger partial charge < -0.3 is 14.9 Å². The summed E-state index contributed by atoms with van der Waals surface area (Å²) < 4.78 is 0. The number of amides is 1. The van der Waals surface area contributed by atoms with Crippen LogP contribution in [-0.2, 0) is 4.79 Å². The number of nitro groups is 1. The average Bonchev–Trinajstić information content (AvgIpc) is 3.05. The molecule has 1 heterocycles. The van der Waals surface area contributed by atoms with E-state index in [9.17, 15) is 19.7 Å². The number of nitrogens with zero attached hydrogens (tertiary/aromatic N) is 3. The normalized spacial score (nSPS) is 13.9. The van der Waals surface area contributed by atoms with Crippen LogP contribution >= 0.6 is 0 Å². The van der Waals surface area contributed by atoms with Crippen LogP contribution < -0.4 is 4.90 Å². The van der Waals surface area contributed by atoms with Gasteiger partial charge in [0.2, 0.25) is 0 Å². The van der Waals surface area contributed by atoms with E-state index in [2.05, 4.69) is 0 Å². The van der Waals surface area contributed by atoms with Crippen LogP contribution in [0.4, 0.5) is 11.4 Å². The van der Waals surface area contributed by atoms with E-state index >= 15 is 0 Å². The van der Waals surface area contributed by atoms with Crippen LogP contribution in [0.25, 0.3) is 0 Å². The number of anilines is 1. The molecule has 1 aromatic rings. The predicted molar refractivity (Wildman–Crippen MR) is 83.8 cm³/mol. The fraction of sp³-hybridized carbons (Fsp3) is 0.467. The van der Waals surface area contributed by atoms with Crippen LogP contribution in [0, 0.1) is 10.1 Å². The molecule has 1 N–H and O–H groups in total. The molecule has 0 bridgehead atoms. The number of carboxylic acid groups (broad SMARTS) is 1. The number of nitro benzene ring substituents is 1. The van der Waals surface area contributed by atoms with Crippen LogP contribution in [0.3, 0.4) is 0 Å². The van der Waals surface area contributed by atoms with Crippen molar-refractivity contribution in [3.63, 3.8) is 0 Å². The largest absolute Gasteiger partial charge is 0.480 e. The Morgan fingerprint density at radius 1 is 1.35 bits per heavy atom. The Labute approximate surface area is 133 Å². The van der Waals surface area contributed by atoms with Gasteiger partial charge in [-0.1, -0.05) is 0 Å².